The molecule has 2 unspecified atom stereocenters. The molecule has 1 amide bonds. The van der Waals surface area contributed by atoms with Gasteiger partial charge in [0.1, 0.15) is 12.5 Å². The van der Waals surface area contributed by atoms with Gasteiger partial charge in [-0.2, -0.15) is 0 Å². The van der Waals surface area contributed by atoms with Crippen LogP contribution < -0.4 is 16.2 Å². The van der Waals surface area contributed by atoms with E-state index in [4.69, 9.17) is 0 Å². The minimum Gasteiger partial charge on any atom is -0.348 e. The van der Waals surface area contributed by atoms with E-state index in [0.717, 1.165) is 5.65 Å². The number of carbonyl (C=O) groups is 1. The average molecular weight is 314 g/mol. The van der Waals surface area contributed by atoms with Crippen molar-refractivity contribution in [3.63, 3.8) is 0 Å². The van der Waals surface area contributed by atoms with E-state index >= 15 is 0 Å². The molecule has 11 heteroatoms. The molecule has 0 bridgehead atoms. The van der Waals surface area contributed by atoms with Gasteiger partial charge in [0.25, 0.3) is 0 Å². The molecule has 11 nitrogen and oxygen atoms in total. The number of amides is 1. The molecular formula is C12H14N10O. The first-order valence-electron chi connectivity index (χ1n) is 7.10. The van der Waals surface area contributed by atoms with Crippen molar-refractivity contribution in [2.75, 3.05) is 6.54 Å². The van der Waals surface area contributed by atoms with Crippen LogP contribution in [0.5, 0.6) is 0 Å². The van der Waals surface area contributed by atoms with Gasteiger partial charge >= 0.3 is 0 Å². The number of hydrogen-bond acceptors (Lipinski definition) is 8. The number of rotatable bonds is 4. The van der Waals surface area contributed by atoms with Crippen LogP contribution in [0.2, 0.25) is 0 Å². The molecule has 0 spiro atoms. The van der Waals surface area contributed by atoms with E-state index in [1.165, 1.54) is 11.0 Å². The minimum atomic E-state index is -0.335. The molecular weight excluding hydrogens is 300 g/mol. The predicted octanol–water partition coefficient (Wildman–Crippen LogP) is -1.75. The van der Waals surface area contributed by atoms with Crippen LogP contribution in [0.3, 0.4) is 0 Å². The highest BCUT2D eigenvalue weighted by Gasteiger charge is 2.35. The van der Waals surface area contributed by atoms with Crippen LogP contribution >= 0.6 is 0 Å². The second-order valence-corrected chi connectivity index (χ2v) is 5.13. The summed E-state index contributed by atoms with van der Waals surface area (Å²) < 4.78 is 3.35. The van der Waals surface area contributed by atoms with Gasteiger partial charge in [0, 0.05) is 12.7 Å². The lowest BCUT2D eigenvalue weighted by atomic mass is 10.1. The number of tetrazole rings is 1. The third-order valence-corrected chi connectivity index (χ3v) is 3.74. The number of carbonyl (C=O) groups excluding carboxylic acids is 1. The SMILES string of the molecule is O=C(NCc1nnc2ccccn12)C1CNNC1n1cnnn1. The number of pyridine rings is 1. The van der Waals surface area contributed by atoms with Crippen LogP contribution in [0.15, 0.2) is 30.7 Å². The summed E-state index contributed by atoms with van der Waals surface area (Å²) in [6.07, 6.45) is 3.00. The summed E-state index contributed by atoms with van der Waals surface area (Å²) in [4.78, 5) is 12.5. The third kappa shape index (κ3) is 2.51. The summed E-state index contributed by atoms with van der Waals surface area (Å²) >= 11 is 0. The van der Waals surface area contributed by atoms with Gasteiger partial charge in [-0.15, -0.1) is 15.3 Å². The Balaban J connectivity index is 1.45. The quantitative estimate of drug-likeness (QED) is 0.518. The summed E-state index contributed by atoms with van der Waals surface area (Å²) in [5.74, 6) is 0.222. The van der Waals surface area contributed by atoms with Gasteiger partial charge in [-0.1, -0.05) is 6.07 Å². The second kappa shape index (κ2) is 5.70. The Bertz CT molecular complexity index is 812. The summed E-state index contributed by atoms with van der Waals surface area (Å²) in [6, 6.07) is 5.64. The molecule has 1 fully saturated rings. The molecule has 3 aromatic rings. The molecule has 1 saturated heterocycles. The van der Waals surface area contributed by atoms with Gasteiger partial charge in [-0.3, -0.25) is 14.6 Å². The highest BCUT2D eigenvalue weighted by Crippen LogP contribution is 2.17. The van der Waals surface area contributed by atoms with Gasteiger partial charge in [-0.25, -0.2) is 10.1 Å². The molecule has 0 radical (unpaired) electrons. The zero-order chi connectivity index (χ0) is 15.6. The Morgan fingerprint density at radius 2 is 2.35 bits per heavy atom. The van der Waals surface area contributed by atoms with E-state index in [1.807, 2.05) is 28.8 Å². The van der Waals surface area contributed by atoms with Crippen LogP contribution in [0.1, 0.15) is 12.0 Å². The fourth-order valence-electron chi connectivity index (χ4n) is 2.58. The van der Waals surface area contributed by atoms with Gasteiger partial charge in [0.2, 0.25) is 5.91 Å². The van der Waals surface area contributed by atoms with Crippen molar-refractivity contribution >= 4 is 11.6 Å². The van der Waals surface area contributed by atoms with Crippen molar-refractivity contribution in [3.8, 4) is 0 Å². The highest BCUT2D eigenvalue weighted by molar-refractivity contribution is 5.79. The topological polar surface area (TPSA) is 127 Å². The number of fused-ring (bicyclic) bond motifs is 1. The Labute approximate surface area is 130 Å². The van der Waals surface area contributed by atoms with Crippen molar-refractivity contribution in [1.29, 1.82) is 0 Å². The molecule has 1 aliphatic rings. The first-order chi connectivity index (χ1) is 11.3. The van der Waals surface area contributed by atoms with Crippen molar-refractivity contribution < 1.29 is 4.79 Å². The second-order valence-electron chi connectivity index (χ2n) is 5.13. The fraction of sp³-hybridized carbons (Fsp3) is 0.333. The van der Waals surface area contributed by atoms with Crippen LogP contribution in [-0.4, -0.2) is 47.3 Å². The Morgan fingerprint density at radius 1 is 1.39 bits per heavy atom. The smallest absolute Gasteiger partial charge is 0.228 e. The van der Waals surface area contributed by atoms with Gasteiger partial charge in [0.05, 0.1) is 12.5 Å². The van der Waals surface area contributed by atoms with E-state index in [0.29, 0.717) is 18.9 Å². The van der Waals surface area contributed by atoms with Crippen molar-refractivity contribution in [1.82, 2.24) is 51.0 Å². The van der Waals surface area contributed by atoms with Crippen LogP contribution in [0.25, 0.3) is 5.65 Å². The zero-order valence-electron chi connectivity index (χ0n) is 12.0. The van der Waals surface area contributed by atoms with Crippen molar-refractivity contribution in [2.24, 2.45) is 5.92 Å². The lowest BCUT2D eigenvalue weighted by molar-refractivity contribution is -0.125. The molecule has 23 heavy (non-hydrogen) atoms. The standard InChI is InChI=1S/C12H14N10O/c23-12(8-5-14-18-11(8)22-7-15-19-20-22)13-6-10-17-16-9-3-1-2-4-21(9)10/h1-4,7-8,11,14,18H,5-6H2,(H,13,23). The van der Waals surface area contributed by atoms with E-state index in [9.17, 15) is 4.79 Å². The van der Waals surface area contributed by atoms with Crippen LogP contribution in [0, 0.1) is 5.92 Å². The lowest BCUT2D eigenvalue weighted by Crippen LogP contribution is -2.37. The van der Waals surface area contributed by atoms with Gasteiger partial charge in [0.15, 0.2) is 11.5 Å². The van der Waals surface area contributed by atoms with E-state index < -0.39 is 0 Å². The van der Waals surface area contributed by atoms with E-state index in [1.54, 1.807) is 0 Å². The molecule has 118 valence electrons. The summed E-state index contributed by atoms with van der Waals surface area (Å²) in [5.41, 5.74) is 6.69. The Morgan fingerprint density at radius 3 is 3.22 bits per heavy atom. The summed E-state index contributed by atoms with van der Waals surface area (Å²) in [6.45, 7) is 0.778. The van der Waals surface area contributed by atoms with Crippen LogP contribution in [0.4, 0.5) is 0 Å². The zero-order valence-corrected chi connectivity index (χ0v) is 12.0. The number of hydrogen-bond donors (Lipinski definition) is 3. The monoisotopic (exact) mass is 314 g/mol. The molecule has 4 rings (SSSR count). The Kier molecular flexibility index (Phi) is 3.40. The highest BCUT2D eigenvalue weighted by atomic mass is 16.2. The maximum Gasteiger partial charge on any atom is 0.228 e. The number of nitrogens with zero attached hydrogens (tertiary/aromatic N) is 7. The molecule has 0 saturated carbocycles. The van der Waals surface area contributed by atoms with Crippen LogP contribution in [-0.2, 0) is 11.3 Å². The maximum atomic E-state index is 12.5. The van der Waals surface area contributed by atoms with Crippen molar-refractivity contribution in [2.45, 2.75) is 12.7 Å². The van der Waals surface area contributed by atoms with Gasteiger partial charge in [-0.05, 0) is 22.6 Å². The number of aromatic nitrogens is 7. The number of nitrogens with one attached hydrogen (secondary N) is 3. The molecule has 4 heterocycles. The van der Waals surface area contributed by atoms with Crippen molar-refractivity contribution in [3.05, 3.63) is 36.5 Å². The predicted molar refractivity (Wildman–Crippen MR) is 76.3 cm³/mol. The lowest BCUT2D eigenvalue weighted by Gasteiger charge is -2.16. The Hall–Kier alpha value is -2.92. The fourth-order valence-corrected chi connectivity index (χ4v) is 2.58. The summed E-state index contributed by atoms with van der Waals surface area (Å²) in [5, 5.41) is 22.0. The average Bonchev–Trinajstić information content (AvgIpc) is 3.31. The molecule has 0 aromatic carbocycles. The van der Waals surface area contributed by atoms with Gasteiger partial charge < -0.3 is 5.32 Å². The minimum absolute atomic E-state index is 0.115. The molecule has 2 atom stereocenters. The van der Waals surface area contributed by atoms with E-state index in [-0.39, 0.29) is 18.0 Å². The molecule has 1 aliphatic heterocycles. The third-order valence-electron chi connectivity index (χ3n) is 3.74. The largest absolute Gasteiger partial charge is 0.348 e. The van der Waals surface area contributed by atoms with E-state index in [2.05, 4.69) is 41.9 Å². The number of hydrazine groups is 1. The normalized spacial score (nSPS) is 20.9. The first kappa shape index (κ1) is 13.7. The molecule has 3 N–H and O–H groups in total. The first-order valence-corrected chi connectivity index (χ1v) is 7.10. The maximum absolute atomic E-state index is 12.5. The molecule has 0 aliphatic carbocycles. The summed E-state index contributed by atoms with van der Waals surface area (Å²) in [7, 11) is 0. The molecule has 3 aromatic heterocycles.